The SMILES string of the molecule is CC(C)c1ncc2n[nH]c(C3CC3)c2c1Br. The number of hydrogen-bond acceptors (Lipinski definition) is 2. The normalized spacial score (nSPS) is 16.2. The number of hydrogen-bond donors (Lipinski definition) is 1. The Morgan fingerprint density at radius 2 is 2.19 bits per heavy atom. The van der Waals surface area contributed by atoms with Crippen LogP contribution in [-0.4, -0.2) is 15.2 Å². The van der Waals surface area contributed by atoms with Gasteiger partial charge in [0.15, 0.2) is 0 Å². The quantitative estimate of drug-likeness (QED) is 0.910. The fourth-order valence-electron chi connectivity index (χ4n) is 2.08. The molecule has 0 radical (unpaired) electrons. The molecule has 84 valence electrons. The van der Waals surface area contributed by atoms with E-state index in [4.69, 9.17) is 0 Å². The molecule has 0 saturated heterocycles. The number of nitrogens with zero attached hydrogens (tertiary/aromatic N) is 2. The summed E-state index contributed by atoms with van der Waals surface area (Å²) in [5.41, 5.74) is 3.38. The van der Waals surface area contributed by atoms with Crippen LogP contribution in [0.3, 0.4) is 0 Å². The second kappa shape index (κ2) is 3.55. The molecule has 0 unspecified atom stereocenters. The number of pyridine rings is 1. The lowest BCUT2D eigenvalue weighted by Crippen LogP contribution is -1.94. The van der Waals surface area contributed by atoms with Crippen LogP contribution in [-0.2, 0) is 0 Å². The summed E-state index contributed by atoms with van der Waals surface area (Å²) in [5.74, 6) is 1.12. The van der Waals surface area contributed by atoms with E-state index >= 15 is 0 Å². The van der Waals surface area contributed by atoms with Crippen LogP contribution in [0.2, 0.25) is 0 Å². The van der Waals surface area contributed by atoms with Gasteiger partial charge in [-0.15, -0.1) is 0 Å². The minimum absolute atomic E-state index is 0.431. The molecule has 2 aromatic rings. The van der Waals surface area contributed by atoms with E-state index in [1.807, 2.05) is 6.20 Å². The topological polar surface area (TPSA) is 41.6 Å². The molecule has 1 N–H and O–H groups in total. The van der Waals surface area contributed by atoms with Gasteiger partial charge in [0, 0.05) is 17.0 Å². The first-order valence-corrected chi connectivity index (χ1v) is 6.50. The Balaban J connectivity index is 2.27. The van der Waals surface area contributed by atoms with Crippen LogP contribution in [0.25, 0.3) is 10.9 Å². The smallest absolute Gasteiger partial charge is 0.112 e. The maximum Gasteiger partial charge on any atom is 0.112 e. The minimum atomic E-state index is 0.431. The van der Waals surface area contributed by atoms with Crippen molar-refractivity contribution in [1.82, 2.24) is 15.2 Å². The number of fused-ring (bicyclic) bond motifs is 1. The van der Waals surface area contributed by atoms with Crippen LogP contribution in [0, 0.1) is 0 Å². The first-order valence-electron chi connectivity index (χ1n) is 5.71. The Hall–Kier alpha value is -0.900. The lowest BCUT2D eigenvalue weighted by molar-refractivity contribution is 0.819. The highest BCUT2D eigenvalue weighted by Gasteiger charge is 2.29. The van der Waals surface area contributed by atoms with Gasteiger partial charge in [-0.3, -0.25) is 10.1 Å². The molecule has 2 aromatic heterocycles. The molecule has 0 aliphatic heterocycles. The van der Waals surface area contributed by atoms with Crippen molar-refractivity contribution in [2.45, 2.75) is 38.5 Å². The zero-order chi connectivity index (χ0) is 11.3. The van der Waals surface area contributed by atoms with Crippen LogP contribution >= 0.6 is 15.9 Å². The van der Waals surface area contributed by atoms with Gasteiger partial charge in [-0.25, -0.2) is 0 Å². The highest BCUT2D eigenvalue weighted by molar-refractivity contribution is 9.10. The summed E-state index contributed by atoms with van der Waals surface area (Å²) in [4.78, 5) is 4.47. The molecular formula is C12H14BrN3. The summed E-state index contributed by atoms with van der Waals surface area (Å²) in [6.45, 7) is 4.33. The molecular weight excluding hydrogens is 266 g/mol. The molecule has 0 amide bonds. The van der Waals surface area contributed by atoms with E-state index in [9.17, 15) is 0 Å². The largest absolute Gasteiger partial charge is 0.281 e. The van der Waals surface area contributed by atoms with Gasteiger partial charge in [0.25, 0.3) is 0 Å². The second-order valence-corrected chi connectivity index (χ2v) is 5.58. The molecule has 1 aliphatic rings. The summed E-state index contributed by atoms with van der Waals surface area (Å²) in [7, 11) is 0. The average Bonchev–Trinajstić information content (AvgIpc) is 2.99. The fraction of sp³-hybridized carbons (Fsp3) is 0.500. The predicted molar refractivity (Wildman–Crippen MR) is 67.7 cm³/mol. The van der Waals surface area contributed by atoms with Crippen LogP contribution in [0.1, 0.15) is 49.9 Å². The first-order chi connectivity index (χ1) is 7.68. The highest BCUT2D eigenvalue weighted by atomic mass is 79.9. The zero-order valence-electron chi connectivity index (χ0n) is 9.42. The van der Waals surface area contributed by atoms with E-state index in [1.165, 1.54) is 23.9 Å². The molecule has 0 aromatic carbocycles. The Morgan fingerprint density at radius 3 is 2.81 bits per heavy atom. The Morgan fingerprint density at radius 1 is 1.44 bits per heavy atom. The summed E-state index contributed by atoms with van der Waals surface area (Å²) in [6.07, 6.45) is 4.43. The van der Waals surface area contributed by atoms with E-state index in [-0.39, 0.29) is 0 Å². The fourth-order valence-corrected chi connectivity index (χ4v) is 3.06. The average molecular weight is 280 g/mol. The van der Waals surface area contributed by atoms with Crippen molar-refractivity contribution in [3.05, 3.63) is 22.1 Å². The molecule has 1 saturated carbocycles. The van der Waals surface area contributed by atoms with Crippen LogP contribution in [0.5, 0.6) is 0 Å². The van der Waals surface area contributed by atoms with Crippen LogP contribution in [0.15, 0.2) is 10.7 Å². The Kier molecular flexibility index (Phi) is 2.28. The monoisotopic (exact) mass is 279 g/mol. The van der Waals surface area contributed by atoms with E-state index in [2.05, 4.69) is 45.0 Å². The van der Waals surface area contributed by atoms with Crippen molar-refractivity contribution in [1.29, 1.82) is 0 Å². The van der Waals surface area contributed by atoms with Crippen molar-refractivity contribution in [3.8, 4) is 0 Å². The Bertz CT molecular complexity index is 540. The number of aromatic nitrogens is 3. The molecule has 1 aliphatic carbocycles. The summed E-state index contributed by atoms with van der Waals surface area (Å²) < 4.78 is 1.12. The van der Waals surface area contributed by atoms with Crippen molar-refractivity contribution >= 4 is 26.8 Å². The molecule has 0 atom stereocenters. The standard InChI is InChI=1S/C12H14BrN3/c1-6(2)11-10(13)9-8(5-14-11)15-16-12(9)7-3-4-7/h5-7H,3-4H2,1-2H3,(H,15,16). The molecule has 4 heteroatoms. The van der Waals surface area contributed by atoms with E-state index < -0.39 is 0 Å². The molecule has 3 rings (SSSR count). The third-order valence-corrected chi connectivity index (χ3v) is 3.93. The van der Waals surface area contributed by atoms with Crippen molar-refractivity contribution in [2.24, 2.45) is 0 Å². The van der Waals surface area contributed by atoms with Crippen molar-refractivity contribution < 1.29 is 0 Å². The molecule has 1 fully saturated rings. The molecule has 16 heavy (non-hydrogen) atoms. The van der Waals surface area contributed by atoms with E-state index in [1.54, 1.807) is 0 Å². The highest BCUT2D eigenvalue weighted by Crippen LogP contribution is 2.44. The lowest BCUT2D eigenvalue weighted by atomic mass is 10.1. The third-order valence-electron chi connectivity index (χ3n) is 3.13. The molecule has 3 nitrogen and oxygen atoms in total. The van der Waals surface area contributed by atoms with Crippen LogP contribution in [0.4, 0.5) is 0 Å². The number of nitrogens with one attached hydrogen (secondary N) is 1. The lowest BCUT2D eigenvalue weighted by Gasteiger charge is -2.08. The van der Waals surface area contributed by atoms with Gasteiger partial charge in [-0.2, -0.15) is 5.10 Å². The van der Waals surface area contributed by atoms with Crippen LogP contribution < -0.4 is 0 Å². The van der Waals surface area contributed by atoms with E-state index in [0.717, 1.165) is 15.7 Å². The summed E-state index contributed by atoms with van der Waals surface area (Å²) in [5, 5.41) is 8.72. The predicted octanol–water partition coefficient (Wildman–Crippen LogP) is 3.72. The van der Waals surface area contributed by atoms with Gasteiger partial charge >= 0.3 is 0 Å². The molecule has 0 bridgehead atoms. The second-order valence-electron chi connectivity index (χ2n) is 4.78. The van der Waals surface area contributed by atoms with Gasteiger partial charge in [0.05, 0.1) is 16.4 Å². The summed E-state index contributed by atoms with van der Waals surface area (Å²) in [6, 6.07) is 0. The molecule has 0 spiro atoms. The van der Waals surface area contributed by atoms with Crippen molar-refractivity contribution in [3.63, 3.8) is 0 Å². The van der Waals surface area contributed by atoms with Gasteiger partial charge in [-0.05, 0) is 34.7 Å². The van der Waals surface area contributed by atoms with E-state index in [0.29, 0.717) is 11.8 Å². The third kappa shape index (κ3) is 1.47. The van der Waals surface area contributed by atoms with Crippen molar-refractivity contribution in [2.75, 3.05) is 0 Å². The molecule has 2 heterocycles. The summed E-state index contributed by atoms with van der Waals surface area (Å²) >= 11 is 3.69. The maximum atomic E-state index is 4.47. The number of aromatic amines is 1. The number of rotatable bonds is 2. The zero-order valence-corrected chi connectivity index (χ0v) is 11.0. The van der Waals surface area contributed by atoms with Gasteiger partial charge in [-0.1, -0.05) is 13.8 Å². The number of H-pyrrole nitrogens is 1. The van der Waals surface area contributed by atoms with Gasteiger partial charge in [0.1, 0.15) is 5.52 Å². The van der Waals surface area contributed by atoms with Gasteiger partial charge < -0.3 is 0 Å². The maximum absolute atomic E-state index is 4.47. The first kappa shape index (κ1) is 10.3. The van der Waals surface area contributed by atoms with Gasteiger partial charge in [0.2, 0.25) is 0 Å². The number of halogens is 1. The minimum Gasteiger partial charge on any atom is -0.281 e. The Labute approximate surface area is 103 Å².